The van der Waals surface area contributed by atoms with Gasteiger partial charge in [-0.1, -0.05) is 6.92 Å². The number of nitrogens with zero attached hydrogens (tertiary/aromatic N) is 2. The monoisotopic (exact) mass is 194 g/mol. The van der Waals surface area contributed by atoms with Gasteiger partial charge in [0.1, 0.15) is 0 Å². The standard InChI is InChI=1S/C11H18N2O/c1-5-10(9(4)14)11-8(3)12-6-7(2)13-11/h6,9-10,14H,5H2,1-4H3. The molecule has 2 unspecified atom stereocenters. The van der Waals surface area contributed by atoms with E-state index >= 15 is 0 Å². The van der Waals surface area contributed by atoms with Crippen molar-refractivity contribution in [3.05, 3.63) is 23.3 Å². The first-order valence-corrected chi connectivity index (χ1v) is 5.04. The Morgan fingerprint density at radius 1 is 1.43 bits per heavy atom. The average Bonchev–Trinajstić information content (AvgIpc) is 2.11. The van der Waals surface area contributed by atoms with Gasteiger partial charge in [-0.05, 0) is 27.2 Å². The van der Waals surface area contributed by atoms with Crippen molar-refractivity contribution in [1.82, 2.24) is 9.97 Å². The lowest BCUT2D eigenvalue weighted by atomic mass is 9.95. The number of hydrogen-bond acceptors (Lipinski definition) is 3. The summed E-state index contributed by atoms with van der Waals surface area (Å²) in [5.41, 5.74) is 2.76. The molecule has 0 amide bonds. The van der Waals surface area contributed by atoms with Crippen LogP contribution in [0.1, 0.15) is 43.3 Å². The molecule has 0 fully saturated rings. The fourth-order valence-electron chi connectivity index (χ4n) is 1.67. The number of aromatic nitrogens is 2. The minimum absolute atomic E-state index is 0.0994. The highest BCUT2D eigenvalue weighted by atomic mass is 16.3. The largest absolute Gasteiger partial charge is 0.393 e. The van der Waals surface area contributed by atoms with Crippen LogP contribution in [0.25, 0.3) is 0 Å². The van der Waals surface area contributed by atoms with Crippen molar-refractivity contribution < 1.29 is 5.11 Å². The normalized spacial score (nSPS) is 15.2. The third-order valence-corrected chi connectivity index (χ3v) is 2.49. The zero-order valence-corrected chi connectivity index (χ0v) is 9.28. The van der Waals surface area contributed by atoms with Crippen LogP contribution in [0.4, 0.5) is 0 Å². The molecule has 14 heavy (non-hydrogen) atoms. The van der Waals surface area contributed by atoms with E-state index in [1.54, 1.807) is 13.1 Å². The maximum Gasteiger partial charge on any atom is 0.0675 e. The topological polar surface area (TPSA) is 46.0 Å². The van der Waals surface area contributed by atoms with Crippen molar-refractivity contribution >= 4 is 0 Å². The van der Waals surface area contributed by atoms with Crippen LogP contribution >= 0.6 is 0 Å². The Balaban J connectivity index is 3.08. The van der Waals surface area contributed by atoms with Crippen molar-refractivity contribution in [3.63, 3.8) is 0 Å². The van der Waals surface area contributed by atoms with Gasteiger partial charge in [0, 0.05) is 12.1 Å². The van der Waals surface area contributed by atoms with E-state index in [1.165, 1.54) is 0 Å². The van der Waals surface area contributed by atoms with Gasteiger partial charge in [0.05, 0.1) is 23.2 Å². The van der Waals surface area contributed by atoms with Crippen LogP contribution in [0.5, 0.6) is 0 Å². The molecule has 1 aromatic rings. The van der Waals surface area contributed by atoms with Crippen molar-refractivity contribution in [1.29, 1.82) is 0 Å². The van der Waals surface area contributed by atoms with Crippen molar-refractivity contribution in [2.75, 3.05) is 0 Å². The zero-order chi connectivity index (χ0) is 10.7. The second kappa shape index (κ2) is 4.51. The molecular weight excluding hydrogens is 176 g/mol. The van der Waals surface area contributed by atoms with Gasteiger partial charge < -0.3 is 5.11 Å². The summed E-state index contributed by atoms with van der Waals surface area (Å²) >= 11 is 0. The second-order valence-electron chi connectivity index (χ2n) is 3.74. The molecule has 0 radical (unpaired) electrons. The molecule has 1 rings (SSSR count). The Labute approximate surface area is 85.2 Å². The molecule has 0 saturated carbocycles. The average molecular weight is 194 g/mol. The molecule has 1 N–H and O–H groups in total. The minimum Gasteiger partial charge on any atom is -0.393 e. The molecular formula is C11H18N2O. The maximum absolute atomic E-state index is 9.61. The Kier molecular flexibility index (Phi) is 3.58. The van der Waals surface area contributed by atoms with Gasteiger partial charge in [-0.3, -0.25) is 9.97 Å². The van der Waals surface area contributed by atoms with Crippen LogP contribution in [0.2, 0.25) is 0 Å². The van der Waals surface area contributed by atoms with Crippen LogP contribution < -0.4 is 0 Å². The number of hydrogen-bond donors (Lipinski definition) is 1. The first-order valence-electron chi connectivity index (χ1n) is 5.04. The van der Waals surface area contributed by atoms with Crippen molar-refractivity contribution in [3.8, 4) is 0 Å². The van der Waals surface area contributed by atoms with Gasteiger partial charge >= 0.3 is 0 Å². The molecule has 0 aliphatic heterocycles. The number of aliphatic hydroxyl groups is 1. The zero-order valence-electron chi connectivity index (χ0n) is 9.28. The lowest BCUT2D eigenvalue weighted by Gasteiger charge is -2.19. The van der Waals surface area contributed by atoms with Crippen LogP contribution in [0.3, 0.4) is 0 Å². The molecule has 2 atom stereocenters. The molecule has 3 nitrogen and oxygen atoms in total. The lowest BCUT2D eigenvalue weighted by molar-refractivity contribution is 0.157. The summed E-state index contributed by atoms with van der Waals surface area (Å²) < 4.78 is 0. The number of aliphatic hydroxyl groups excluding tert-OH is 1. The smallest absolute Gasteiger partial charge is 0.0675 e. The van der Waals surface area contributed by atoms with Gasteiger partial charge in [0.15, 0.2) is 0 Å². The van der Waals surface area contributed by atoms with Gasteiger partial charge in [-0.25, -0.2) is 0 Å². The summed E-state index contributed by atoms with van der Waals surface area (Å²) in [5.74, 6) is 0.0994. The van der Waals surface area contributed by atoms with Crippen molar-refractivity contribution in [2.45, 2.75) is 46.1 Å². The van der Waals surface area contributed by atoms with E-state index in [0.717, 1.165) is 23.5 Å². The molecule has 78 valence electrons. The fraction of sp³-hybridized carbons (Fsp3) is 0.636. The van der Waals surface area contributed by atoms with Gasteiger partial charge in [0.2, 0.25) is 0 Å². The highest BCUT2D eigenvalue weighted by molar-refractivity contribution is 5.17. The van der Waals surface area contributed by atoms with E-state index in [-0.39, 0.29) is 12.0 Å². The van der Waals surface area contributed by atoms with E-state index in [2.05, 4.69) is 16.9 Å². The Morgan fingerprint density at radius 3 is 2.57 bits per heavy atom. The van der Waals surface area contributed by atoms with E-state index < -0.39 is 0 Å². The summed E-state index contributed by atoms with van der Waals surface area (Å²) in [6.07, 6.45) is 2.28. The second-order valence-corrected chi connectivity index (χ2v) is 3.74. The van der Waals surface area contributed by atoms with E-state index in [9.17, 15) is 5.11 Å². The predicted octanol–water partition coefficient (Wildman–Crippen LogP) is 1.97. The van der Waals surface area contributed by atoms with Crippen molar-refractivity contribution in [2.24, 2.45) is 0 Å². The summed E-state index contributed by atoms with van der Waals surface area (Å²) in [7, 11) is 0. The molecule has 3 heteroatoms. The summed E-state index contributed by atoms with van der Waals surface area (Å²) in [4.78, 5) is 8.70. The Hall–Kier alpha value is -0.960. The third-order valence-electron chi connectivity index (χ3n) is 2.49. The number of rotatable bonds is 3. The first kappa shape index (κ1) is 11.1. The third kappa shape index (κ3) is 2.29. The molecule has 0 spiro atoms. The first-order chi connectivity index (χ1) is 6.56. The van der Waals surface area contributed by atoms with Gasteiger partial charge in [-0.2, -0.15) is 0 Å². The van der Waals surface area contributed by atoms with E-state index in [0.29, 0.717) is 0 Å². The van der Waals surface area contributed by atoms with Gasteiger partial charge in [-0.15, -0.1) is 0 Å². The fourth-order valence-corrected chi connectivity index (χ4v) is 1.67. The minimum atomic E-state index is -0.366. The van der Waals surface area contributed by atoms with E-state index in [4.69, 9.17) is 0 Å². The molecule has 0 aliphatic carbocycles. The lowest BCUT2D eigenvalue weighted by Crippen LogP contribution is -2.17. The molecule has 1 heterocycles. The Bertz CT molecular complexity index is 310. The summed E-state index contributed by atoms with van der Waals surface area (Å²) in [6.45, 7) is 7.72. The number of aryl methyl sites for hydroxylation is 2. The SMILES string of the molecule is CCC(c1nc(C)cnc1C)C(C)O. The quantitative estimate of drug-likeness (QED) is 0.800. The van der Waals surface area contributed by atoms with Crippen LogP contribution in [0.15, 0.2) is 6.20 Å². The summed E-state index contributed by atoms with van der Waals surface area (Å²) in [5, 5.41) is 9.61. The van der Waals surface area contributed by atoms with Crippen LogP contribution in [-0.4, -0.2) is 21.2 Å². The summed E-state index contributed by atoms with van der Waals surface area (Å²) in [6, 6.07) is 0. The van der Waals surface area contributed by atoms with Gasteiger partial charge in [0.25, 0.3) is 0 Å². The molecule has 0 saturated heterocycles. The highest BCUT2D eigenvalue weighted by Gasteiger charge is 2.19. The van der Waals surface area contributed by atoms with E-state index in [1.807, 2.05) is 13.8 Å². The molecule has 0 bridgehead atoms. The molecule has 0 aromatic carbocycles. The molecule has 1 aromatic heterocycles. The molecule has 0 aliphatic rings. The highest BCUT2D eigenvalue weighted by Crippen LogP contribution is 2.23. The van der Waals surface area contributed by atoms with Crippen LogP contribution in [0, 0.1) is 13.8 Å². The Morgan fingerprint density at radius 2 is 2.07 bits per heavy atom. The van der Waals surface area contributed by atoms with Crippen LogP contribution in [-0.2, 0) is 0 Å². The maximum atomic E-state index is 9.61. The predicted molar refractivity (Wildman–Crippen MR) is 56.2 cm³/mol.